The Kier molecular flexibility index (Phi) is 3.11. The molecule has 2 rings (SSSR count). The maximum absolute atomic E-state index is 11.8. The van der Waals surface area contributed by atoms with Crippen molar-refractivity contribution in [1.29, 1.82) is 0 Å². The Morgan fingerprint density at radius 2 is 2.11 bits per heavy atom. The normalized spacial score (nSPS) is 11.6. The predicted octanol–water partition coefficient (Wildman–Crippen LogP) is 1.30. The van der Waals surface area contributed by atoms with E-state index >= 15 is 0 Å². The zero-order chi connectivity index (χ0) is 14.2. The van der Waals surface area contributed by atoms with E-state index in [0.717, 1.165) is 6.26 Å². The molecule has 0 bridgehead atoms. The summed E-state index contributed by atoms with van der Waals surface area (Å²) in [6.45, 7) is 0. The first-order chi connectivity index (χ1) is 8.78. The average molecular weight is 282 g/mol. The first kappa shape index (κ1) is 13.2. The SMILES string of the molecule is CS(=O)(=O)CC(=O)c1c[nH]c2cc([N+](=O)[O-])ccc12. The van der Waals surface area contributed by atoms with Crippen molar-refractivity contribution in [1.82, 2.24) is 4.98 Å². The van der Waals surface area contributed by atoms with E-state index in [4.69, 9.17) is 0 Å². The molecule has 8 heteroatoms. The van der Waals surface area contributed by atoms with Gasteiger partial charge in [-0.3, -0.25) is 14.9 Å². The number of aromatic nitrogens is 1. The van der Waals surface area contributed by atoms with Gasteiger partial charge in [0, 0.05) is 35.5 Å². The molecule has 0 amide bonds. The Hall–Kier alpha value is -2.22. The predicted molar refractivity (Wildman–Crippen MR) is 69.0 cm³/mol. The van der Waals surface area contributed by atoms with Crippen LogP contribution in [0.1, 0.15) is 10.4 Å². The number of Topliss-reactive ketones (excluding diaryl/α,β-unsaturated/α-hetero) is 1. The Morgan fingerprint density at radius 3 is 2.68 bits per heavy atom. The Bertz CT molecular complexity index is 775. The lowest BCUT2D eigenvalue weighted by Gasteiger charge is -1.98. The van der Waals surface area contributed by atoms with Gasteiger partial charge in [0.05, 0.1) is 10.4 Å². The number of hydrogen-bond acceptors (Lipinski definition) is 5. The number of nitrogens with zero attached hydrogens (tertiary/aromatic N) is 1. The summed E-state index contributed by atoms with van der Waals surface area (Å²) in [6.07, 6.45) is 2.34. The van der Waals surface area contributed by atoms with Gasteiger partial charge in [0.1, 0.15) is 5.75 Å². The van der Waals surface area contributed by atoms with E-state index in [-0.39, 0.29) is 11.3 Å². The number of sulfone groups is 1. The maximum atomic E-state index is 11.8. The van der Waals surface area contributed by atoms with Crippen LogP contribution in [0, 0.1) is 10.1 Å². The summed E-state index contributed by atoms with van der Waals surface area (Å²) in [5.41, 5.74) is 0.540. The molecule has 1 heterocycles. The summed E-state index contributed by atoms with van der Waals surface area (Å²) in [6, 6.07) is 4.00. The molecule has 0 spiro atoms. The van der Waals surface area contributed by atoms with Gasteiger partial charge in [-0.15, -0.1) is 0 Å². The fourth-order valence-electron chi connectivity index (χ4n) is 1.77. The number of fused-ring (bicyclic) bond motifs is 1. The smallest absolute Gasteiger partial charge is 0.271 e. The molecule has 0 atom stereocenters. The van der Waals surface area contributed by atoms with Crippen molar-refractivity contribution >= 4 is 32.2 Å². The van der Waals surface area contributed by atoms with Crippen LogP contribution in [0.25, 0.3) is 10.9 Å². The van der Waals surface area contributed by atoms with Gasteiger partial charge in [-0.05, 0) is 6.07 Å². The van der Waals surface area contributed by atoms with E-state index < -0.39 is 26.3 Å². The molecule has 100 valence electrons. The van der Waals surface area contributed by atoms with E-state index in [1.165, 1.54) is 24.4 Å². The zero-order valence-electron chi connectivity index (χ0n) is 9.91. The number of ketones is 1. The molecular weight excluding hydrogens is 272 g/mol. The average Bonchev–Trinajstić information content (AvgIpc) is 2.68. The third-order valence-electron chi connectivity index (χ3n) is 2.57. The van der Waals surface area contributed by atoms with Gasteiger partial charge < -0.3 is 4.98 Å². The molecule has 0 aliphatic rings. The molecule has 0 aliphatic heterocycles. The van der Waals surface area contributed by atoms with Crippen LogP contribution in [0.4, 0.5) is 5.69 Å². The fourth-order valence-corrected chi connectivity index (χ4v) is 2.41. The molecule has 0 aliphatic carbocycles. The summed E-state index contributed by atoms with van der Waals surface area (Å²) in [5.74, 6) is -1.13. The second-order valence-corrected chi connectivity index (χ2v) is 6.32. The van der Waals surface area contributed by atoms with E-state index in [9.17, 15) is 23.3 Å². The van der Waals surface area contributed by atoms with Crippen LogP contribution in [0.2, 0.25) is 0 Å². The quantitative estimate of drug-likeness (QED) is 0.516. The number of nitro groups is 1. The monoisotopic (exact) mass is 282 g/mol. The molecule has 0 saturated carbocycles. The first-order valence-corrected chi connectivity index (χ1v) is 7.30. The molecule has 0 radical (unpaired) electrons. The number of benzene rings is 1. The first-order valence-electron chi connectivity index (χ1n) is 5.24. The summed E-state index contributed by atoms with van der Waals surface area (Å²) >= 11 is 0. The number of hydrogen-bond donors (Lipinski definition) is 1. The van der Waals surface area contributed by atoms with Gasteiger partial charge in [-0.25, -0.2) is 8.42 Å². The molecular formula is C11H10N2O5S. The van der Waals surface area contributed by atoms with Gasteiger partial charge in [0.2, 0.25) is 0 Å². The number of non-ortho nitro benzene ring substituents is 1. The second kappa shape index (κ2) is 4.47. The largest absolute Gasteiger partial charge is 0.360 e. The lowest BCUT2D eigenvalue weighted by atomic mass is 10.1. The van der Waals surface area contributed by atoms with Crippen LogP contribution in [-0.4, -0.2) is 36.1 Å². The number of nitrogens with one attached hydrogen (secondary N) is 1. The van der Waals surface area contributed by atoms with Crippen molar-refractivity contribution in [2.24, 2.45) is 0 Å². The van der Waals surface area contributed by atoms with E-state index in [2.05, 4.69) is 4.98 Å². The van der Waals surface area contributed by atoms with Crippen LogP contribution in [0.5, 0.6) is 0 Å². The number of carbonyl (C=O) groups excluding carboxylic acids is 1. The lowest BCUT2D eigenvalue weighted by Crippen LogP contribution is -2.14. The minimum absolute atomic E-state index is 0.100. The van der Waals surface area contributed by atoms with Gasteiger partial charge in [0.25, 0.3) is 5.69 Å². The van der Waals surface area contributed by atoms with Crippen LogP contribution in [0.3, 0.4) is 0 Å². The summed E-state index contributed by atoms with van der Waals surface area (Å²) in [7, 11) is -3.41. The van der Waals surface area contributed by atoms with Gasteiger partial charge in [-0.1, -0.05) is 0 Å². The number of carbonyl (C=O) groups is 1. The highest BCUT2D eigenvalue weighted by atomic mass is 32.2. The zero-order valence-corrected chi connectivity index (χ0v) is 10.7. The minimum Gasteiger partial charge on any atom is -0.360 e. The third kappa shape index (κ3) is 2.79. The molecule has 0 fully saturated rings. The van der Waals surface area contributed by atoms with Crippen molar-refractivity contribution in [3.8, 4) is 0 Å². The molecule has 0 saturated heterocycles. The number of rotatable bonds is 4. The van der Waals surface area contributed by atoms with E-state index in [1.807, 2.05) is 0 Å². The highest BCUT2D eigenvalue weighted by Gasteiger charge is 2.18. The van der Waals surface area contributed by atoms with E-state index in [1.54, 1.807) is 0 Å². The molecule has 2 aromatic rings. The summed E-state index contributed by atoms with van der Waals surface area (Å²) in [4.78, 5) is 24.6. The van der Waals surface area contributed by atoms with Gasteiger partial charge in [-0.2, -0.15) is 0 Å². The van der Waals surface area contributed by atoms with Crippen molar-refractivity contribution in [2.75, 3.05) is 12.0 Å². The van der Waals surface area contributed by atoms with Crippen molar-refractivity contribution < 1.29 is 18.1 Å². The molecule has 7 nitrogen and oxygen atoms in total. The second-order valence-electron chi connectivity index (χ2n) is 4.18. The summed E-state index contributed by atoms with van der Waals surface area (Å²) in [5, 5.41) is 11.1. The Balaban J connectivity index is 2.47. The van der Waals surface area contributed by atoms with Gasteiger partial charge >= 0.3 is 0 Å². The molecule has 1 aromatic carbocycles. The summed E-state index contributed by atoms with van der Waals surface area (Å²) < 4.78 is 22.2. The Morgan fingerprint density at radius 1 is 1.42 bits per heavy atom. The number of nitro benzene ring substituents is 1. The topological polar surface area (TPSA) is 110 Å². The van der Waals surface area contributed by atoms with Crippen molar-refractivity contribution in [3.05, 3.63) is 40.1 Å². The standard InChI is InChI=1S/C11H10N2O5S/c1-19(17,18)6-11(14)9-5-12-10-4-7(13(15)16)2-3-8(9)10/h2-5,12H,6H2,1H3. The van der Waals surface area contributed by atoms with Crippen LogP contribution < -0.4 is 0 Å². The minimum atomic E-state index is -3.41. The third-order valence-corrected chi connectivity index (χ3v) is 3.36. The van der Waals surface area contributed by atoms with Crippen molar-refractivity contribution in [3.63, 3.8) is 0 Å². The highest BCUT2D eigenvalue weighted by Crippen LogP contribution is 2.23. The van der Waals surface area contributed by atoms with Crippen molar-refractivity contribution in [2.45, 2.75) is 0 Å². The van der Waals surface area contributed by atoms with Crippen LogP contribution in [0.15, 0.2) is 24.4 Å². The number of aromatic amines is 1. The van der Waals surface area contributed by atoms with Crippen LogP contribution in [-0.2, 0) is 9.84 Å². The Labute approximate surface area is 108 Å². The van der Waals surface area contributed by atoms with E-state index in [0.29, 0.717) is 10.9 Å². The lowest BCUT2D eigenvalue weighted by molar-refractivity contribution is -0.384. The maximum Gasteiger partial charge on any atom is 0.271 e. The van der Waals surface area contributed by atoms with Crippen LogP contribution >= 0.6 is 0 Å². The van der Waals surface area contributed by atoms with Gasteiger partial charge in [0.15, 0.2) is 15.6 Å². The number of H-pyrrole nitrogens is 1. The molecule has 19 heavy (non-hydrogen) atoms. The molecule has 1 aromatic heterocycles. The molecule has 1 N–H and O–H groups in total. The molecule has 0 unspecified atom stereocenters. The fraction of sp³-hybridized carbons (Fsp3) is 0.182. The highest BCUT2D eigenvalue weighted by molar-refractivity contribution is 7.91.